The molecule has 8 nitrogen and oxygen atoms in total. The van der Waals surface area contributed by atoms with Crippen molar-refractivity contribution in [3.8, 4) is 0 Å². The molecule has 0 aliphatic carbocycles. The predicted molar refractivity (Wildman–Crippen MR) is 100 cm³/mol. The number of benzene rings is 1. The van der Waals surface area contributed by atoms with Crippen molar-refractivity contribution in [2.24, 2.45) is 0 Å². The summed E-state index contributed by atoms with van der Waals surface area (Å²) in [5.41, 5.74) is 0.786. The number of aryl methyl sites for hydroxylation is 1. The van der Waals surface area contributed by atoms with Gasteiger partial charge in [-0.3, -0.25) is 14.7 Å². The Bertz CT molecular complexity index is 787. The summed E-state index contributed by atoms with van der Waals surface area (Å²) in [5, 5.41) is 11.7. The quantitative estimate of drug-likeness (QED) is 0.605. The second-order valence-corrected chi connectivity index (χ2v) is 6.76. The Labute approximate surface area is 155 Å². The number of urea groups is 1. The van der Waals surface area contributed by atoms with Crippen LogP contribution in [-0.2, 0) is 17.8 Å². The molecule has 2 rings (SSSR count). The second-order valence-electron chi connectivity index (χ2n) is 5.82. The van der Waals surface area contributed by atoms with Crippen LogP contribution in [0.2, 0.25) is 0 Å². The standard InChI is InChI=1S/C17H23N5O3S/c1-3-12(2)18-15(24)19-14(23)11-26-17-21-20-16(25)22(17)10-9-13-7-5-4-6-8-13/h4-8,12H,3,9-11H2,1-2H3,(H,20,25)(H2,18,19,23,24)/t12-/m0/s1. The van der Waals surface area contributed by atoms with Crippen molar-refractivity contribution >= 4 is 23.7 Å². The Morgan fingerprint density at radius 2 is 2.04 bits per heavy atom. The largest absolute Gasteiger partial charge is 0.343 e. The zero-order valence-electron chi connectivity index (χ0n) is 14.8. The average Bonchev–Trinajstić information content (AvgIpc) is 2.98. The number of amides is 3. The third-order valence-electron chi connectivity index (χ3n) is 3.77. The lowest BCUT2D eigenvalue weighted by Crippen LogP contribution is -2.43. The molecule has 0 aliphatic rings. The lowest BCUT2D eigenvalue weighted by Gasteiger charge is -2.11. The molecule has 1 aromatic heterocycles. The van der Waals surface area contributed by atoms with Crippen LogP contribution in [0.25, 0.3) is 0 Å². The van der Waals surface area contributed by atoms with E-state index >= 15 is 0 Å². The van der Waals surface area contributed by atoms with Crippen LogP contribution in [0.1, 0.15) is 25.8 Å². The van der Waals surface area contributed by atoms with Gasteiger partial charge in [0.25, 0.3) is 0 Å². The minimum atomic E-state index is -0.520. The number of hydrogen-bond donors (Lipinski definition) is 3. The van der Waals surface area contributed by atoms with E-state index in [1.165, 1.54) is 4.57 Å². The molecule has 3 N–H and O–H groups in total. The first kappa shape index (κ1) is 19.8. The SMILES string of the molecule is CC[C@H](C)NC(=O)NC(=O)CSc1n[nH]c(=O)n1CCc1ccccc1. The van der Waals surface area contributed by atoms with Gasteiger partial charge in [0.2, 0.25) is 5.91 Å². The number of aromatic nitrogens is 3. The van der Waals surface area contributed by atoms with E-state index in [-0.39, 0.29) is 17.5 Å². The number of aromatic amines is 1. The van der Waals surface area contributed by atoms with E-state index in [1.807, 2.05) is 44.2 Å². The van der Waals surface area contributed by atoms with E-state index in [0.29, 0.717) is 18.1 Å². The maximum Gasteiger partial charge on any atom is 0.343 e. The summed E-state index contributed by atoms with van der Waals surface area (Å²) in [4.78, 5) is 35.4. The maximum absolute atomic E-state index is 11.9. The van der Waals surface area contributed by atoms with Crippen molar-refractivity contribution in [2.45, 2.75) is 44.4 Å². The van der Waals surface area contributed by atoms with Crippen LogP contribution >= 0.6 is 11.8 Å². The first-order chi connectivity index (χ1) is 12.5. The van der Waals surface area contributed by atoms with Crippen LogP contribution in [0.3, 0.4) is 0 Å². The molecule has 0 bridgehead atoms. The van der Waals surface area contributed by atoms with Gasteiger partial charge in [-0.25, -0.2) is 14.7 Å². The van der Waals surface area contributed by atoms with Crippen molar-refractivity contribution in [1.82, 2.24) is 25.4 Å². The highest BCUT2D eigenvalue weighted by atomic mass is 32.2. The van der Waals surface area contributed by atoms with Crippen molar-refractivity contribution in [3.63, 3.8) is 0 Å². The molecule has 0 radical (unpaired) electrons. The van der Waals surface area contributed by atoms with Gasteiger partial charge in [-0.1, -0.05) is 49.0 Å². The molecule has 9 heteroatoms. The molecule has 140 valence electrons. The number of imide groups is 1. The molecule has 3 amide bonds. The molecule has 0 aliphatic heterocycles. The number of hydrogen-bond acceptors (Lipinski definition) is 5. The van der Waals surface area contributed by atoms with Crippen LogP contribution < -0.4 is 16.3 Å². The van der Waals surface area contributed by atoms with E-state index in [2.05, 4.69) is 20.8 Å². The Kier molecular flexibility index (Phi) is 7.46. The highest BCUT2D eigenvalue weighted by Crippen LogP contribution is 2.13. The first-order valence-corrected chi connectivity index (χ1v) is 9.40. The monoisotopic (exact) mass is 377 g/mol. The molecule has 26 heavy (non-hydrogen) atoms. The van der Waals surface area contributed by atoms with Gasteiger partial charge in [0.05, 0.1) is 5.75 Å². The summed E-state index contributed by atoms with van der Waals surface area (Å²) in [5.74, 6) is -0.454. The second kappa shape index (κ2) is 9.81. The third-order valence-corrected chi connectivity index (χ3v) is 4.74. The zero-order valence-corrected chi connectivity index (χ0v) is 15.6. The van der Waals surface area contributed by atoms with Crippen molar-refractivity contribution in [3.05, 3.63) is 46.4 Å². The van der Waals surface area contributed by atoms with Gasteiger partial charge in [0.1, 0.15) is 0 Å². The molecule has 0 unspecified atom stereocenters. The Morgan fingerprint density at radius 1 is 1.31 bits per heavy atom. The van der Waals surface area contributed by atoms with E-state index in [4.69, 9.17) is 0 Å². The number of nitrogens with zero attached hydrogens (tertiary/aromatic N) is 2. The Morgan fingerprint density at radius 3 is 2.73 bits per heavy atom. The van der Waals surface area contributed by atoms with Gasteiger partial charge in [0, 0.05) is 12.6 Å². The number of carbonyl (C=O) groups excluding carboxylic acids is 2. The molecule has 1 aromatic carbocycles. The van der Waals surface area contributed by atoms with Gasteiger partial charge in [0.15, 0.2) is 5.16 Å². The van der Waals surface area contributed by atoms with Crippen molar-refractivity contribution in [1.29, 1.82) is 0 Å². The van der Waals surface area contributed by atoms with Gasteiger partial charge < -0.3 is 5.32 Å². The smallest absolute Gasteiger partial charge is 0.335 e. The zero-order chi connectivity index (χ0) is 18.9. The van der Waals surface area contributed by atoms with Gasteiger partial charge in [-0.05, 0) is 25.3 Å². The van der Waals surface area contributed by atoms with Crippen LogP contribution in [0.15, 0.2) is 40.3 Å². The molecule has 0 saturated heterocycles. The van der Waals surface area contributed by atoms with Crippen molar-refractivity contribution < 1.29 is 9.59 Å². The van der Waals surface area contributed by atoms with Crippen molar-refractivity contribution in [2.75, 3.05) is 5.75 Å². The van der Waals surface area contributed by atoms with Crippen LogP contribution in [-0.4, -0.2) is 38.5 Å². The van der Waals surface area contributed by atoms with E-state index in [1.54, 1.807) is 0 Å². The minimum Gasteiger partial charge on any atom is -0.335 e. The average molecular weight is 377 g/mol. The summed E-state index contributed by atoms with van der Waals surface area (Å²) < 4.78 is 1.49. The fourth-order valence-electron chi connectivity index (χ4n) is 2.15. The Hall–Kier alpha value is -2.55. The Balaban J connectivity index is 1.87. The molecule has 1 heterocycles. The van der Waals surface area contributed by atoms with E-state index in [0.717, 1.165) is 23.7 Å². The number of H-pyrrole nitrogens is 1. The molecule has 1 atom stereocenters. The normalized spacial score (nSPS) is 11.8. The van der Waals surface area contributed by atoms with Crippen LogP contribution in [0, 0.1) is 0 Å². The highest BCUT2D eigenvalue weighted by molar-refractivity contribution is 7.99. The molecule has 0 spiro atoms. The maximum atomic E-state index is 11.9. The third kappa shape index (κ3) is 6.07. The van der Waals surface area contributed by atoms with Gasteiger partial charge in [-0.2, -0.15) is 0 Å². The number of thioether (sulfide) groups is 1. The molecular formula is C17H23N5O3S. The summed E-state index contributed by atoms with van der Waals surface area (Å²) >= 11 is 1.11. The van der Waals surface area contributed by atoms with Gasteiger partial charge >= 0.3 is 11.7 Å². The minimum absolute atomic E-state index is 0.00930. The fraction of sp³-hybridized carbons (Fsp3) is 0.412. The summed E-state index contributed by atoms with van der Waals surface area (Å²) in [6.07, 6.45) is 1.45. The fourth-order valence-corrected chi connectivity index (χ4v) is 2.92. The summed E-state index contributed by atoms with van der Waals surface area (Å²) in [7, 11) is 0. The molecular weight excluding hydrogens is 354 g/mol. The van der Waals surface area contributed by atoms with Crippen LogP contribution in [0.5, 0.6) is 0 Å². The number of nitrogens with one attached hydrogen (secondary N) is 3. The van der Waals surface area contributed by atoms with E-state index in [9.17, 15) is 14.4 Å². The highest BCUT2D eigenvalue weighted by Gasteiger charge is 2.14. The summed E-state index contributed by atoms with van der Waals surface area (Å²) in [6.45, 7) is 4.25. The predicted octanol–water partition coefficient (Wildman–Crippen LogP) is 1.53. The van der Waals surface area contributed by atoms with Gasteiger partial charge in [-0.15, -0.1) is 5.10 Å². The van der Waals surface area contributed by atoms with Crippen LogP contribution in [0.4, 0.5) is 4.79 Å². The lowest BCUT2D eigenvalue weighted by atomic mass is 10.1. The number of rotatable bonds is 8. The first-order valence-electron chi connectivity index (χ1n) is 8.41. The topological polar surface area (TPSA) is 109 Å². The lowest BCUT2D eigenvalue weighted by molar-refractivity contribution is -0.117. The molecule has 2 aromatic rings. The number of carbonyl (C=O) groups is 2. The summed E-state index contributed by atoms with van der Waals surface area (Å²) in [6, 6.07) is 9.27. The van der Waals surface area contributed by atoms with E-state index < -0.39 is 11.9 Å². The molecule has 0 fully saturated rings. The molecule has 0 saturated carbocycles.